The van der Waals surface area contributed by atoms with E-state index in [1.807, 2.05) is 6.92 Å². The van der Waals surface area contributed by atoms with Crippen LogP contribution < -0.4 is 0 Å². The van der Waals surface area contributed by atoms with Crippen LogP contribution in [0, 0.1) is 23.2 Å². The summed E-state index contributed by atoms with van der Waals surface area (Å²) in [6.45, 7) is 18.8. The largest absolute Gasteiger partial charge is 0.414 e. The molecular formula is C25H50O3Si. The van der Waals surface area contributed by atoms with E-state index in [1.165, 1.54) is 38.5 Å². The van der Waals surface area contributed by atoms with Crippen molar-refractivity contribution in [2.75, 3.05) is 6.61 Å². The van der Waals surface area contributed by atoms with Gasteiger partial charge in [0.2, 0.25) is 0 Å². The van der Waals surface area contributed by atoms with Crippen LogP contribution in [0.4, 0.5) is 0 Å². The van der Waals surface area contributed by atoms with Gasteiger partial charge < -0.3 is 14.6 Å². The molecule has 0 aromatic heterocycles. The Morgan fingerprint density at radius 2 is 1.76 bits per heavy atom. The highest BCUT2D eigenvalue weighted by atomic mass is 28.4. The molecule has 0 saturated heterocycles. The summed E-state index contributed by atoms with van der Waals surface area (Å²) in [5.74, 6) is 2.19. The molecule has 0 spiro atoms. The van der Waals surface area contributed by atoms with E-state index in [2.05, 4.69) is 47.7 Å². The Balaban J connectivity index is 2.00. The Morgan fingerprint density at radius 3 is 2.34 bits per heavy atom. The number of fused-ring (bicyclic) bond motifs is 1. The van der Waals surface area contributed by atoms with Crippen LogP contribution in [0.5, 0.6) is 0 Å². The van der Waals surface area contributed by atoms with Crippen molar-refractivity contribution in [2.24, 2.45) is 23.2 Å². The molecule has 2 rings (SSSR count). The number of aliphatic hydroxyl groups is 2. The lowest BCUT2D eigenvalue weighted by Gasteiger charge is -2.50. The minimum atomic E-state index is -1.73. The van der Waals surface area contributed by atoms with Crippen molar-refractivity contribution in [2.45, 2.75) is 129 Å². The van der Waals surface area contributed by atoms with Gasteiger partial charge >= 0.3 is 0 Å². The molecule has 0 amide bonds. The van der Waals surface area contributed by atoms with Gasteiger partial charge in [-0.3, -0.25) is 0 Å². The van der Waals surface area contributed by atoms with Crippen molar-refractivity contribution >= 4 is 8.32 Å². The van der Waals surface area contributed by atoms with Crippen molar-refractivity contribution < 1.29 is 14.6 Å². The van der Waals surface area contributed by atoms with E-state index in [1.54, 1.807) is 0 Å². The third-order valence-corrected chi connectivity index (χ3v) is 13.6. The molecule has 172 valence electrons. The van der Waals surface area contributed by atoms with Gasteiger partial charge in [0.1, 0.15) is 0 Å². The van der Waals surface area contributed by atoms with Gasteiger partial charge in [0.05, 0.1) is 5.60 Å². The van der Waals surface area contributed by atoms with Gasteiger partial charge in [-0.15, -0.1) is 0 Å². The summed E-state index contributed by atoms with van der Waals surface area (Å²) in [6, 6.07) is 0. The summed E-state index contributed by atoms with van der Waals surface area (Å²) in [5, 5.41) is 19.8. The molecule has 0 bridgehead atoms. The topological polar surface area (TPSA) is 49.7 Å². The average Bonchev–Trinajstić information content (AvgIpc) is 2.91. The number of rotatable bonds is 9. The quantitative estimate of drug-likeness (QED) is 0.412. The molecule has 4 heteroatoms. The molecule has 29 heavy (non-hydrogen) atoms. The van der Waals surface area contributed by atoms with E-state index >= 15 is 0 Å². The number of hydrogen-bond donors (Lipinski definition) is 2. The maximum atomic E-state index is 10.4. The smallest absolute Gasteiger partial charge is 0.192 e. The van der Waals surface area contributed by atoms with Crippen LogP contribution in [0.2, 0.25) is 18.1 Å². The molecule has 0 aromatic rings. The molecule has 2 saturated carbocycles. The second kappa shape index (κ2) is 9.30. The van der Waals surface area contributed by atoms with E-state index in [0.717, 1.165) is 24.7 Å². The van der Waals surface area contributed by atoms with Crippen LogP contribution in [0.15, 0.2) is 0 Å². The Hall–Kier alpha value is 0.0969. The fourth-order valence-electron chi connectivity index (χ4n) is 6.16. The van der Waals surface area contributed by atoms with E-state index in [4.69, 9.17) is 9.53 Å². The molecule has 0 aliphatic heterocycles. The van der Waals surface area contributed by atoms with Gasteiger partial charge in [-0.25, -0.2) is 0 Å². The Labute approximate surface area is 182 Å². The molecular weight excluding hydrogens is 376 g/mol. The van der Waals surface area contributed by atoms with Crippen LogP contribution >= 0.6 is 0 Å². The van der Waals surface area contributed by atoms with E-state index in [9.17, 15) is 5.11 Å². The van der Waals surface area contributed by atoms with Gasteiger partial charge in [0.15, 0.2) is 8.32 Å². The zero-order chi connectivity index (χ0) is 22.1. The van der Waals surface area contributed by atoms with Gasteiger partial charge in [-0.2, -0.15) is 0 Å². The van der Waals surface area contributed by atoms with Crippen molar-refractivity contribution in [3.63, 3.8) is 0 Å². The predicted molar refractivity (Wildman–Crippen MR) is 126 cm³/mol. The molecule has 6 atom stereocenters. The Bertz CT molecular complexity index is 525. The molecule has 2 N–H and O–H groups in total. The van der Waals surface area contributed by atoms with Crippen LogP contribution in [0.3, 0.4) is 0 Å². The van der Waals surface area contributed by atoms with E-state index in [0.29, 0.717) is 23.9 Å². The van der Waals surface area contributed by atoms with Crippen molar-refractivity contribution in [3.8, 4) is 0 Å². The third kappa shape index (κ3) is 5.87. The summed E-state index contributed by atoms with van der Waals surface area (Å²) >= 11 is 0. The highest BCUT2D eigenvalue weighted by molar-refractivity contribution is 6.74. The number of hydrogen-bond acceptors (Lipinski definition) is 3. The highest BCUT2D eigenvalue weighted by Gasteiger charge is 2.54. The van der Waals surface area contributed by atoms with Crippen LogP contribution in [0.1, 0.15) is 99.3 Å². The monoisotopic (exact) mass is 426 g/mol. The van der Waals surface area contributed by atoms with Gasteiger partial charge in [0.25, 0.3) is 0 Å². The fourth-order valence-corrected chi connectivity index (χ4v) is 7.56. The first-order valence-corrected chi connectivity index (χ1v) is 15.2. The Morgan fingerprint density at radius 1 is 1.10 bits per heavy atom. The maximum Gasteiger partial charge on any atom is 0.192 e. The molecule has 0 unspecified atom stereocenters. The standard InChI is InChI=1S/C25H50O3Si/c1-19(11-9-15-24(5,27)17-18-26)20-13-14-21-22(12-10-16-25(20,21)6)28-29(7,8)23(2,3)4/h19-22,26-27H,9-18H2,1-8H3/t19-,20-,21+,22+,24-,25-/m1/s1. The summed E-state index contributed by atoms with van der Waals surface area (Å²) in [4.78, 5) is 0. The predicted octanol–water partition coefficient (Wildman–Crippen LogP) is 6.53. The summed E-state index contributed by atoms with van der Waals surface area (Å²) in [5.41, 5.74) is -0.304. The zero-order valence-corrected chi connectivity index (χ0v) is 21.7. The SMILES string of the molecule is C[C@H](CCC[C@@](C)(O)CCO)[C@H]1CC[C@H]2[C@@H](O[Si](C)(C)C(C)(C)C)CCC[C@]12C. The van der Waals surface area contributed by atoms with Crippen molar-refractivity contribution in [1.29, 1.82) is 0 Å². The lowest BCUT2D eigenvalue weighted by molar-refractivity contribution is -0.0225. The first-order valence-electron chi connectivity index (χ1n) is 12.2. The number of aliphatic hydroxyl groups excluding tert-OH is 1. The molecule has 0 aromatic carbocycles. The Kier molecular flexibility index (Phi) is 8.13. The zero-order valence-electron chi connectivity index (χ0n) is 20.7. The molecule has 3 nitrogen and oxygen atoms in total. The molecule has 2 fully saturated rings. The van der Waals surface area contributed by atoms with Gasteiger partial charge in [-0.1, -0.05) is 53.9 Å². The van der Waals surface area contributed by atoms with E-state index < -0.39 is 13.9 Å². The third-order valence-electron chi connectivity index (χ3n) is 9.10. The fraction of sp³-hybridized carbons (Fsp3) is 1.00. The van der Waals surface area contributed by atoms with Crippen LogP contribution in [0.25, 0.3) is 0 Å². The van der Waals surface area contributed by atoms with Crippen molar-refractivity contribution in [1.82, 2.24) is 0 Å². The maximum absolute atomic E-state index is 10.4. The first kappa shape index (κ1) is 25.4. The molecule has 2 aliphatic rings. The van der Waals surface area contributed by atoms with E-state index in [-0.39, 0.29) is 11.6 Å². The minimum Gasteiger partial charge on any atom is -0.414 e. The van der Waals surface area contributed by atoms with Gasteiger partial charge in [-0.05, 0) is 86.7 Å². The molecule has 0 radical (unpaired) electrons. The summed E-state index contributed by atoms with van der Waals surface area (Å²) < 4.78 is 6.99. The van der Waals surface area contributed by atoms with Crippen LogP contribution in [-0.4, -0.2) is 36.8 Å². The first-order chi connectivity index (χ1) is 13.2. The molecule has 0 heterocycles. The molecule has 2 aliphatic carbocycles. The average molecular weight is 427 g/mol. The lowest BCUT2D eigenvalue weighted by Crippen LogP contribution is -2.50. The summed E-state index contributed by atoms with van der Waals surface area (Å²) in [6.07, 6.45) is 10.5. The second-order valence-corrected chi connectivity index (χ2v) is 17.2. The highest BCUT2D eigenvalue weighted by Crippen LogP contribution is 2.59. The van der Waals surface area contributed by atoms with Crippen LogP contribution in [-0.2, 0) is 4.43 Å². The normalized spacial score (nSPS) is 33.9. The van der Waals surface area contributed by atoms with Gasteiger partial charge in [0, 0.05) is 12.7 Å². The summed E-state index contributed by atoms with van der Waals surface area (Å²) in [7, 11) is -1.73. The minimum absolute atomic E-state index is 0.0700. The second-order valence-electron chi connectivity index (χ2n) is 12.4. The lowest BCUT2D eigenvalue weighted by atomic mass is 9.61. The van der Waals surface area contributed by atoms with Crippen molar-refractivity contribution in [3.05, 3.63) is 0 Å².